The van der Waals surface area contributed by atoms with Crippen LogP contribution in [0.2, 0.25) is 0 Å². The molecule has 5 nitrogen and oxygen atoms in total. The summed E-state index contributed by atoms with van der Waals surface area (Å²) in [6, 6.07) is 0. The molecule has 0 amide bonds. The van der Waals surface area contributed by atoms with Gasteiger partial charge in [0.2, 0.25) is 0 Å². The van der Waals surface area contributed by atoms with Crippen LogP contribution in [0.5, 0.6) is 0 Å². The van der Waals surface area contributed by atoms with Crippen LogP contribution in [0.1, 0.15) is 69.7 Å². The van der Waals surface area contributed by atoms with Gasteiger partial charge >= 0.3 is 0 Å². The molecule has 1 fully saturated rings. The Morgan fingerprint density at radius 1 is 1.25 bits per heavy atom. The van der Waals surface area contributed by atoms with E-state index in [0.29, 0.717) is 17.2 Å². The number of H-pyrrole nitrogens is 1. The van der Waals surface area contributed by atoms with Crippen LogP contribution in [0.25, 0.3) is 0 Å². The highest BCUT2D eigenvalue weighted by Crippen LogP contribution is 2.37. The number of nitrogens with two attached hydrogens (primary N) is 1. The van der Waals surface area contributed by atoms with Gasteiger partial charge in [0.25, 0.3) is 5.56 Å². The van der Waals surface area contributed by atoms with Crippen LogP contribution in [-0.4, -0.2) is 17.1 Å². The van der Waals surface area contributed by atoms with Crippen LogP contribution in [0, 0.1) is 0 Å². The number of hydrogen-bond acceptors (Lipinski definition) is 4. The summed E-state index contributed by atoms with van der Waals surface area (Å²) in [4.78, 5) is 19.6. The molecule has 3 N–H and O–H groups in total. The SMILES string of the molecule is COC1(c2nc(N)c(C(C)C)c(=O)[nH]2)CCCCCC1. The number of rotatable bonds is 3. The second-order valence-electron chi connectivity index (χ2n) is 5.98. The van der Waals surface area contributed by atoms with Gasteiger partial charge in [-0.15, -0.1) is 0 Å². The minimum absolute atomic E-state index is 0.0629. The third kappa shape index (κ3) is 2.73. The van der Waals surface area contributed by atoms with E-state index >= 15 is 0 Å². The lowest BCUT2D eigenvalue weighted by Crippen LogP contribution is -2.34. The maximum Gasteiger partial charge on any atom is 0.256 e. The van der Waals surface area contributed by atoms with Gasteiger partial charge in [-0.05, 0) is 18.8 Å². The molecule has 1 saturated carbocycles. The van der Waals surface area contributed by atoms with Gasteiger partial charge in [-0.1, -0.05) is 39.5 Å². The van der Waals surface area contributed by atoms with E-state index in [1.807, 2.05) is 13.8 Å². The van der Waals surface area contributed by atoms with Crippen molar-refractivity contribution in [2.45, 2.75) is 63.9 Å². The number of nitrogens with zero attached hydrogens (tertiary/aromatic N) is 1. The molecule has 5 heteroatoms. The number of nitrogens with one attached hydrogen (secondary N) is 1. The van der Waals surface area contributed by atoms with Crippen LogP contribution in [-0.2, 0) is 10.3 Å². The molecule has 0 spiro atoms. The molecule has 0 radical (unpaired) electrons. The topological polar surface area (TPSA) is 81.0 Å². The smallest absolute Gasteiger partial charge is 0.256 e. The van der Waals surface area contributed by atoms with E-state index in [0.717, 1.165) is 25.7 Å². The second-order valence-corrected chi connectivity index (χ2v) is 5.98. The van der Waals surface area contributed by atoms with Crippen molar-refractivity contribution in [1.29, 1.82) is 0 Å². The van der Waals surface area contributed by atoms with Crippen LogP contribution in [0.4, 0.5) is 5.82 Å². The Labute approximate surface area is 119 Å². The van der Waals surface area contributed by atoms with Gasteiger partial charge in [0.05, 0.1) is 5.56 Å². The standard InChI is InChI=1S/C15H25N3O2/c1-10(2)11-12(16)17-14(18-13(11)19)15(20-3)8-6-4-5-7-9-15/h10H,4-9H2,1-3H3,(H3,16,17,18,19). The zero-order valence-corrected chi connectivity index (χ0v) is 12.7. The molecule has 1 aromatic heterocycles. The molecule has 1 aliphatic carbocycles. The van der Waals surface area contributed by atoms with Crippen molar-refractivity contribution in [3.8, 4) is 0 Å². The van der Waals surface area contributed by atoms with Crippen molar-refractivity contribution >= 4 is 5.82 Å². The Morgan fingerprint density at radius 3 is 2.30 bits per heavy atom. The minimum Gasteiger partial charge on any atom is -0.383 e. The molecule has 0 aromatic carbocycles. The van der Waals surface area contributed by atoms with Crippen molar-refractivity contribution in [3.63, 3.8) is 0 Å². The molecular weight excluding hydrogens is 254 g/mol. The van der Waals surface area contributed by atoms with Crippen molar-refractivity contribution in [1.82, 2.24) is 9.97 Å². The fraction of sp³-hybridized carbons (Fsp3) is 0.733. The van der Waals surface area contributed by atoms with Crippen LogP contribution in [0.15, 0.2) is 4.79 Å². The quantitative estimate of drug-likeness (QED) is 0.833. The Kier molecular flexibility index (Phi) is 4.48. The maximum atomic E-state index is 12.3. The first-order valence-electron chi connectivity index (χ1n) is 7.45. The Bertz CT molecular complexity index is 514. The molecule has 1 heterocycles. The van der Waals surface area contributed by atoms with Crippen molar-refractivity contribution in [2.24, 2.45) is 0 Å². The summed E-state index contributed by atoms with van der Waals surface area (Å²) in [6.07, 6.45) is 6.34. The van der Waals surface area contributed by atoms with Crippen LogP contribution in [0.3, 0.4) is 0 Å². The van der Waals surface area contributed by atoms with E-state index in [9.17, 15) is 4.79 Å². The maximum absolute atomic E-state index is 12.3. The first kappa shape index (κ1) is 15.0. The number of methoxy groups -OCH3 is 1. The third-order valence-corrected chi connectivity index (χ3v) is 4.30. The monoisotopic (exact) mass is 279 g/mol. The average molecular weight is 279 g/mol. The lowest BCUT2D eigenvalue weighted by Gasteiger charge is -2.30. The molecule has 2 rings (SSSR count). The summed E-state index contributed by atoms with van der Waals surface area (Å²) in [6.45, 7) is 3.89. The molecular formula is C15H25N3O2. The number of aromatic amines is 1. The predicted molar refractivity (Wildman–Crippen MR) is 79.7 cm³/mol. The predicted octanol–water partition coefficient (Wildman–Crippen LogP) is 2.67. The van der Waals surface area contributed by atoms with Crippen LogP contribution >= 0.6 is 0 Å². The Morgan fingerprint density at radius 2 is 1.85 bits per heavy atom. The lowest BCUT2D eigenvalue weighted by molar-refractivity contribution is -0.0352. The average Bonchev–Trinajstić information content (AvgIpc) is 2.63. The van der Waals surface area contributed by atoms with Gasteiger partial charge < -0.3 is 15.5 Å². The molecule has 0 saturated heterocycles. The second kappa shape index (κ2) is 5.95. The molecule has 1 aliphatic rings. The van der Waals surface area contributed by atoms with Crippen LogP contribution < -0.4 is 11.3 Å². The van der Waals surface area contributed by atoms with Crippen molar-refractivity contribution in [2.75, 3.05) is 12.8 Å². The molecule has 0 unspecified atom stereocenters. The van der Waals surface area contributed by atoms with E-state index in [1.165, 1.54) is 12.8 Å². The van der Waals surface area contributed by atoms with E-state index in [-0.39, 0.29) is 11.5 Å². The third-order valence-electron chi connectivity index (χ3n) is 4.30. The van der Waals surface area contributed by atoms with Gasteiger partial charge in [0.1, 0.15) is 17.2 Å². The minimum atomic E-state index is -0.487. The first-order chi connectivity index (χ1) is 9.50. The molecule has 0 bridgehead atoms. The molecule has 0 atom stereocenters. The number of nitrogen functional groups attached to an aromatic ring is 1. The van der Waals surface area contributed by atoms with Gasteiger partial charge in [0.15, 0.2) is 0 Å². The first-order valence-corrected chi connectivity index (χ1v) is 7.45. The number of aromatic nitrogens is 2. The number of hydrogen-bond donors (Lipinski definition) is 2. The zero-order chi connectivity index (χ0) is 14.8. The number of ether oxygens (including phenoxy) is 1. The van der Waals surface area contributed by atoms with Gasteiger partial charge in [0, 0.05) is 7.11 Å². The fourth-order valence-electron chi connectivity index (χ4n) is 3.11. The largest absolute Gasteiger partial charge is 0.383 e. The summed E-state index contributed by atoms with van der Waals surface area (Å²) in [5, 5.41) is 0. The normalized spacial score (nSPS) is 19.0. The van der Waals surface area contributed by atoms with Gasteiger partial charge in [-0.2, -0.15) is 0 Å². The summed E-state index contributed by atoms with van der Waals surface area (Å²) in [5.74, 6) is 0.987. The van der Waals surface area contributed by atoms with Crippen molar-refractivity contribution < 1.29 is 4.74 Å². The Balaban J connectivity index is 2.48. The van der Waals surface area contributed by atoms with Crippen molar-refractivity contribution in [3.05, 3.63) is 21.7 Å². The summed E-state index contributed by atoms with van der Waals surface area (Å²) < 4.78 is 5.77. The summed E-state index contributed by atoms with van der Waals surface area (Å²) in [7, 11) is 1.69. The highest BCUT2D eigenvalue weighted by Gasteiger charge is 2.36. The highest BCUT2D eigenvalue weighted by molar-refractivity contribution is 5.40. The molecule has 0 aliphatic heterocycles. The van der Waals surface area contributed by atoms with Gasteiger partial charge in [-0.3, -0.25) is 4.79 Å². The van der Waals surface area contributed by atoms with E-state index < -0.39 is 5.60 Å². The number of anilines is 1. The van der Waals surface area contributed by atoms with E-state index in [2.05, 4.69) is 9.97 Å². The lowest BCUT2D eigenvalue weighted by atomic mass is 9.92. The Hall–Kier alpha value is -1.36. The molecule has 20 heavy (non-hydrogen) atoms. The summed E-state index contributed by atoms with van der Waals surface area (Å²) in [5.41, 5.74) is 5.94. The fourth-order valence-corrected chi connectivity index (χ4v) is 3.11. The molecule has 1 aromatic rings. The van der Waals surface area contributed by atoms with E-state index in [4.69, 9.17) is 10.5 Å². The van der Waals surface area contributed by atoms with E-state index in [1.54, 1.807) is 7.11 Å². The zero-order valence-electron chi connectivity index (χ0n) is 12.7. The van der Waals surface area contributed by atoms with Gasteiger partial charge in [-0.25, -0.2) is 4.98 Å². The summed E-state index contributed by atoms with van der Waals surface area (Å²) >= 11 is 0. The molecule has 112 valence electrons. The highest BCUT2D eigenvalue weighted by atomic mass is 16.5.